The van der Waals surface area contributed by atoms with Crippen LogP contribution in [0.2, 0.25) is 0 Å². The minimum atomic E-state index is -1.16. The number of halogens is 1. The molecule has 0 fully saturated rings. The molecule has 5 nitrogen and oxygen atoms in total. The highest BCUT2D eigenvalue weighted by Crippen LogP contribution is 2.31. The number of ether oxygens (including phenoxy) is 3. The van der Waals surface area contributed by atoms with Crippen molar-refractivity contribution in [1.29, 1.82) is 0 Å². The lowest BCUT2D eigenvalue weighted by Gasteiger charge is -2.16. The number of methoxy groups -OCH3 is 3. The maximum Gasteiger partial charge on any atom is 0.324 e. The van der Waals surface area contributed by atoms with Crippen molar-refractivity contribution >= 4 is 27.9 Å². The Labute approximate surface area is 113 Å². The van der Waals surface area contributed by atoms with Crippen molar-refractivity contribution in [2.75, 3.05) is 21.3 Å². The molecule has 6 heteroatoms. The van der Waals surface area contributed by atoms with Crippen molar-refractivity contribution in [1.82, 2.24) is 0 Å². The monoisotopic (exact) mass is 316 g/mol. The van der Waals surface area contributed by atoms with Crippen LogP contribution in [-0.2, 0) is 19.1 Å². The molecule has 0 bridgehead atoms. The van der Waals surface area contributed by atoms with Gasteiger partial charge >= 0.3 is 11.9 Å². The zero-order valence-corrected chi connectivity index (χ0v) is 11.8. The van der Waals surface area contributed by atoms with E-state index < -0.39 is 17.9 Å². The predicted molar refractivity (Wildman–Crippen MR) is 67.5 cm³/mol. The van der Waals surface area contributed by atoms with Gasteiger partial charge in [-0.2, -0.15) is 0 Å². The Balaban J connectivity index is 3.32. The summed E-state index contributed by atoms with van der Waals surface area (Å²) in [6, 6.07) is 5.02. The molecule has 0 aliphatic rings. The Hall–Kier alpha value is -1.56. The van der Waals surface area contributed by atoms with Crippen LogP contribution in [0, 0.1) is 0 Å². The molecule has 1 aromatic carbocycles. The van der Waals surface area contributed by atoms with E-state index in [-0.39, 0.29) is 0 Å². The average Bonchev–Trinajstić information content (AvgIpc) is 2.38. The summed E-state index contributed by atoms with van der Waals surface area (Å²) in [6.45, 7) is 0. The van der Waals surface area contributed by atoms with E-state index in [0.717, 1.165) is 4.47 Å². The van der Waals surface area contributed by atoms with Crippen LogP contribution in [0.4, 0.5) is 0 Å². The molecular formula is C12H13BrO5. The van der Waals surface area contributed by atoms with Crippen molar-refractivity contribution in [2.24, 2.45) is 0 Å². The van der Waals surface area contributed by atoms with Gasteiger partial charge in [0.15, 0.2) is 5.92 Å². The second kappa shape index (κ2) is 6.39. The standard InChI is InChI=1S/C12H13BrO5/c1-16-9-5-4-7(13)6-8(9)10(11(14)17-2)12(15)18-3/h4-6,10H,1-3H3. The van der Waals surface area contributed by atoms with Gasteiger partial charge < -0.3 is 14.2 Å². The molecule has 0 atom stereocenters. The molecule has 0 radical (unpaired) electrons. The third-order valence-corrected chi connectivity index (χ3v) is 2.87. The lowest BCUT2D eigenvalue weighted by atomic mass is 9.98. The first-order valence-electron chi connectivity index (χ1n) is 5.04. The number of carbonyl (C=O) groups is 2. The number of hydrogen-bond donors (Lipinski definition) is 0. The summed E-state index contributed by atoms with van der Waals surface area (Å²) < 4.78 is 15.1. The molecule has 0 N–H and O–H groups in total. The van der Waals surface area contributed by atoms with Gasteiger partial charge in [-0.05, 0) is 18.2 Å². The highest BCUT2D eigenvalue weighted by molar-refractivity contribution is 9.10. The number of hydrogen-bond acceptors (Lipinski definition) is 5. The topological polar surface area (TPSA) is 61.8 Å². The lowest BCUT2D eigenvalue weighted by Crippen LogP contribution is -2.25. The average molecular weight is 317 g/mol. The number of rotatable bonds is 4. The van der Waals surface area contributed by atoms with Crippen molar-refractivity contribution in [3.8, 4) is 5.75 Å². The van der Waals surface area contributed by atoms with E-state index in [0.29, 0.717) is 11.3 Å². The van der Waals surface area contributed by atoms with Gasteiger partial charge in [-0.1, -0.05) is 15.9 Å². The fourth-order valence-electron chi connectivity index (χ4n) is 1.52. The lowest BCUT2D eigenvalue weighted by molar-refractivity contribution is -0.154. The summed E-state index contributed by atoms with van der Waals surface area (Å²) in [5.74, 6) is -2.14. The van der Waals surface area contributed by atoms with Crippen molar-refractivity contribution in [2.45, 2.75) is 5.92 Å². The van der Waals surface area contributed by atoms with E-state index in [4.69, 9.17) is 4.74 Å². The Kier molecular flexibility index (Phi) is 5.15. The quantitative estimate of drug-likeness (QED) is 0.627. The molecule has 0 aromatic heterocycles. The van der Waals surface area contributed by atoms with E-state index in [1.54, 1.807) is 18.2 Å². The molecule has 0 saturated heterocycles. The Morgan fingerprint density at radius 2 is 1.67 bits per heavy atom. The Bertz CT molecular complexity index is 442. The molecule has 98 valence electrons. The molecule has 0 spiro atoms. The highest BCUT2D eigenvalue weighted by atomic mass is 79.9. The predicted octanol–water partition coefficient (Wildman–Crippen LogP) is 1.89. The first-order chi connectivity index (χ1) is 8.54. The van der Waals surface area contributed by atoms with Crippen LogP contribution < -0.4 is 4.74 Å². The third kappa shape index (κ3) is 3.01. The van der Waals surface area contributed by atoms with E-state index >= 15 is 0 Å². The summed E-state index contributed by atoms with van der Waals surface area (Å²) in [4.78, 5) is 23.4. The number of carbonyl (C=O) groups excluding carboxylic acids is 2. The van der Waals surface area contributed by atoms with Crippen LogP contribution in [0.5, 0.6) is 5.75 Å². The van der Waals surface area contributed by atoms with Gasteiger partial charge in [0.05, 0.1) is 21.3 Å². The second-order valence-electron chi connectivity index (χ2n) is 3.37. The van der Waals surface area contributed by atoms with Gasteiger partial charge in [0.2, 0.25) is 0 Å². The van der Waals surface area contributed by atoms with Gasteiger partial charge in [0.1, 0.15) is 5.75 Å². The molecule has 0 heterocycles. The molecule has 18 heavy (non-hydrogen) atoms. The maximum absolute atomic E-state index is 11.7. The van der Waals surface area contributed by atoms with Gasteiger partial charge in [0.25, 0.3) is 0 Å². The Morgan fingerprint density at radius 1 is 1.11 bits per heavy atom. The van der Waals surface area contributed by atoms with Crippen LogP contribution in [0.1, 0.15) is 11.5 Å². The molecular weight excluding hydrogens is 304 g/mol. The second-order valence-corrected chi connectivity index (χ2v) is 4.28. The number of esters is 2. The summed E-state index contributed by atoms with van der Waals surface area (Å²) >= 11 is 3.28. The highest BCUT2D eigenvalue weighted by Gasteiger charge is 2.33. The minimum Gasteiger partial charge on any atom is -0.496 e. The molecule has 0 amide bonds. The van der Waals surface area contributed by atoms with Crippen LogP contribution in [0.3, 0.4) is 0 Å². The summed E-state index contributed by atoms with van der Waals surface area (Å²) in [7, 11) is 3.88. The van der Waals surface area contributed by atoms with Gasteiger partial charge in [-0.15, -0.1) is 0 Å². The van der Waals surface area contributed by atoms with E-state index in [9.17, 15) is 9.59 Å². The smallest absolute Gasteiger partial charge is 0.324 e. The molecule has 1 aromatic rings. The maximum atomic E-state index is 11.7. The summed E-state index contributed by atoms with van der Waals surface area (Å²) in [5, 5.41) is 0. The molecule has 1 rings (SSSR count). The van der Waals surface area contributed by atoms with Gasteiger partial charge in [-0.3, -0.25) is 9.59 Å². The third-order valence-electron chi connectivity index (χ3n) is 2.38. The summed E-state index contributed by atoms with van der Waals surface area (Å²) in [6.07, 6.45) is 0. The van der Waals surface area contributed by atoms with Crippen molar-refractivity contribution < 1.29 is 23.8 Å². The fourth-order valence-corrected chi connectivity index (χ4v) is 1.90. The van der Waals surface area contributed by atoms with Crippen molar-refractivity contribution in [3.63, 3.8) is 0 Å². The zero-order valence-electron chi connectivity index (χ0n) is 10.2. The SMILES string of the molecule is COC(=O)C(C(=O)OC)c1cc(Br)ccc1OC. The van der Waals surface area contributed by atoms with Crippen LogP contribution in [0.15, 0.2) is 22.7 Å². The minimum absolute atomic E-state index is 0.394. The Morgan fingerprint density at radius 3 is 2.11 bits per heavy atom. The fraction of sp³-hybridized carbons (Fsp3) is 0.333. The van der Waals surface area contributed by atoms with Crippen LogP contribution >= 0.6 is 15.9 Å². The van der Waals surface area contributed by atoms with Crippen LogP contribution in [-0.4, -0.2) is 33.3 Å². The molecule has 0 aliphatic heterocycles. The number of benzene rings is 1. The largest absolute Gasteiger partial charge is 0.496 e. The van der Waals surface area contributed by atoms with E-state index in [1.165, 1.54) is 21.3 Å². The first-order valence-corrected chi connectivity index (χ1v) is 5.83. The summed E-state index contributed by atoms with van der Waals surface area (Å²) in [5.41, 5.74) is 0.394. The van der Waals surface area contributed by atoms with E-state index in [1.807, 2.05) is 0 Å². The molecule has 0 saturated carbocycles. The zero-order chi connectivity index (χ0) is 13.7. The molecule has 0 unspecified atom stereocenters. The van der Waals surface area contributed by atoms with Crippen LogP contribution in [0.25, 0.3) is 0 Å². The normalized spacial score (nSPS) is 10.1. The van der Waals surface area contributed by atoms with Crippen molar-refractivity contribution in [3.05, 3.63) is 28.2 Å². The first kappa shape index (κ1) is 14.5. The van der Waals surface area contributed by atoms with Gasteiger partial charge in [-0.25, -0.2) is 0 Å². The van der Waals surface area contributed by atoms with E-state index in [2.05, 4.69) is 25.4 Å². The molecule has 0 aliphatic carbocycles. The van der Waals surface area contributed by atoms with Gasteiger partial charge in [0, 0.05) is 10.0 Å².